The zero-order valence-electron chi connectivity index (χ0n) is 19.8. The van der Waals surface area contributed by atoms with Crippen molar-refractivity contribution >= 4 is 18.0 Å². The van der Waals surface area contributed by atoms with Crippen molar-refractivity contribution in [1.82, 2.24) is 10.2 Å². The zero-order chi connectivity index (χ0) is 24.9. The molecule has 0 radical (unpaired) electrons. The number of hydrogen-bond acceptors (Lipinski definition) is 6. The van der Waals surface area contributed by atoms with Gasteiger partial charge in [0.15, 0.2) is 0 Å². The van der Waals surface area contributed by atoms with Gasteiger partial charge < -0.3 is 29.5 Å². The molecule has 2 amide bonds. The first-order chi connectivity index (χ1) is 16.9. The summed E-state index contributed by atoms with van der Waals surface area (Å²) in [6.45, 7) is 0.577. The van der Waals surface area contributed by atoms with Gasteiger partial charge in [-0.2, -0.15) is 0 Å². The summed E-state index contributed by atoms with van der Waals surface area (Å²) in [5, 5.41) is 12.0. The summed E-state index contributed by atoms with van der Waals surface area (Å²) < 4.78 is 16.1. The third-order valence-electron chi connectivity index (χ3n) is 6.79. The number of aliphatic carboxylic acids is 1. The number of carbonyl (C=O) groups excluding carboxylic acids is 2. The Kier molecular flexibility index (Phi) is 7.67. The Bertz CT molecular complexity index is 1040. The number of ether oxygens (including phenoxy) is 3. The number of hydrogen-bond donors (Lipinski definition) is 2. The lowest BCUT2D eigenvalue weighted by Crippen LogP contribution is -2.39. The van der Waals surface area contributed by atoms with Crippen molar-refractivity contribution in [2.75, 3.05) is 40.5 Å². The second-order valence-electron chi connectivity index (χ2n) is 8.79. The van der Waals surface area contributed by atoms with Gasteiger partial charge in [-0.05, 0) is 22.3 Å². The molecule has 1 saturated heterocycles. The minimum atomic E-state index is -0.993. The van der Waals surface area contributed by atoms with Crippen LogP contribution in [-0.4, -0.2) is 80.6 Å². The molecule has 1 fully saturated rings. The Morgan fingerprint density at radius 2 is 1.66 bits per heavy atom. The standard InChI is InChI=1S/C26H30N2O7/c1-33-16(11-24(29)28-13-21(25(30)31)23(14-28)34-2)12-27-26(32)35-15-22-19-9-5-3-7-17(19)18-8-4-6-10-20(18)22/h3-10,16,21-23H,11-15H2,1-2H3,(H,27,32)(H,30,31). The molecule has 0 saturated carbocycles. The fourth-order valence-corrected chi connectivity index (χ4v) is 4.86. The number of benzene rings is 2. The molecule has 1 aliphatic carbocycles. The number of alkyl carbamates (subject to hydrolysis) is 1. The van der Waals surface area contributed by atoms with Crippen LogP contribution < -0.4 is 5.32 Å². The maximum Gasteiger partial charge on any atom is 0.407 e. The molecule has 186 valence electrons. The predicted molar refractivity (Wildman–Crippen MR) is 127 cm³/mol. The first kappa shape index (κ1) is 24.7. The van der Waals surface area contributed by atoms with Crippen molar-refractivity contribution < 1.29 is 33.7 Å². The maximum atomic E-state index is 12.7. The molecule has 1 aliphatic heterocycles. The predicted octanol–water partition coefficient (Wildman–Crippen LogP) is 2.49. The highest BCUT2D eigenvalue weighted by Gasteiger charge is 2.40. The van der Waals surface area contributed by atoms with Gasteiger partial charge >= 0.3 is 12.1 Å². The molecule has 2 aromatic carbocycles. The van der Waals surface area contributed by atoms with Gasteiger partial charge in [0.1, 0.15) is 12.5 Å². The van der Waals surface area contributed by atoms with E-state index < -0.39 is 30.2 Å². The molecule has 4 rings (SSSR count). The van der Waals surface area contributed by atoms with Gasteiger partial charge in [-0.15, -0.1) is 0 Å². The number of likely N-dealkylation sites (tertiary alicyclic amines) is 1. The number of amides is 2. The molecule has 3 atom stereocenters. The van der Waals surface area contributed by atoms with Crippen molar-refractivity contribution in [3.05, 3.63) is 59.7 Å². The van der Waals surface area contributed by atoms with Gasteiger partial charge in [-0.1, -0.05) is 48.5 Å². The molecule has 3 unspecified atom stereocenters. The second kappa shape index (κ2) is 10.9. The van der Waals surface area contributed by atoms with Crippen LogP contribution >= 0.6 is 0 Å². The lowest BCUT2D eigenvalue weighted by molar-refractivity contribution is -0.144. The van der Waals surface area contributed by atoms with E-state index in [0.29, 0.717) is 0 Å². The van der Waals surface area contributed by atoms with E-state index in [1.165, 1.54) is 19.1 Å². The minimum absolute atomic E-state index is 0.00291. The second-order valence-corrected chi connectivity index (χ2v) is 8.79. The number of carbonyl (C=O) groups is 3. The van der Waals surface area contributed by atoms with Crippen LogP contribution in [0.2, 0.25) is 0 Å². The van der Waals surface area contributed by atoms with Crippen molar-refractivity contribution in [2.45, 2.75) is 24.5 Å². The fraction of sp³-hybridized carbons (Fsp3) is 0.423. The Balaban J connectivity index is 1.28. The van der Waals surface area contributed by atoms with Crippen LogP contribution in [-0.2, 0) is 23.8 Å². The average molecular weight is 483 g/mol. The number of rotatable bonds is 9. The highest BCUT2D eigenvalue weighted by Crippen LogP contribution is 2.44. The Labute approximate surface area is 204 Å². The molecule has 9 heteroatoms. The SMILES string of the molecule is COC(CNC(=O)OCC1c2ccccc2-c2ccccc21)CC(=O)N1CC(OC)C(C(=O)O)C1. The van der Waals surface area contributed by atoms with Crippen molar-refractivity contribution in [3.8, 4) is 11.1 Å². The molecule has 1 heterocycles. The van der Waals surface area contributed by atoms with Gasteiger partial charge in [-0.3, -0.25) is 9.59 Å². The van der Waals surface area contributed by atoms with Crippen LogP contribution in [0.1, 0.15) is 23.5 Å². The maximum absolute atomic E-state index is 12.7. The van der Waals surface area contributed by atoms with Crippen LogP contribution in [0.15, 0.2) is 48.5 Å². The van der Waals surface area contributed by atoms with E-state index in [2.05, 4.69) is 29.6 Å². The van der Waals surface area contributed by atoms with E-state index in [4.69, 9.17) is 14.2 Å². The Morgan fingerprint density at radius 1 is 1.03 bits per heavy atom. The summed E-state index contributed by atoms with van der Waals surface area (Å²) in [6.07, 6.45) is -1.71. The number of nitrogens with one attached hydrogen (secondary N) is 1. The van der Waals surface area contributed by atoms with Gasteiger partial charge in [0.25, 0.3) is 0 Å². The molecule has 2 aliphatic rings. The number of nitrogens with zero attached hydrogens (tertiary/aromatic N) is 1. The van der Waals surface area contributed by atoms with Crippen LogP contribution in [0.5, 0.6) is 0 Å². The van der Waals surface area contributed by atoms with Crippen molar-refractivity contribution in [2.24, 2.45) is 5.92 Å². The fourth-order valence-electron chi connectivity index (χ4n) is 4.86. The number of methoxy groups -OCH3 is 2. The van der Waals surface area contributed by atoms with E-state index in [0.717, 1.165) is 22.3 Å². The van der Waals surface area contributed by atoms with Gasteiger partial charge in [-0.25, -0.2) is 4.79 Å². The quantitative estimate of drug-likeness (QED) is 0.564. The van der Waals surface area contributed by atoms with Gasteiger partial charge in [0.05, 0.1) is 18.6 Å². The Morgan fingerprint density at radius 3 is 2.20 bits per heavy atom. The molecule has 9 nitrogen and oxygen atoms in total. The van der Waals surface area contributed by atoms with E-state index in [1.54, 1.807) is 0 Å². The first-order valence-electron chi connectivity index (χ1n) is 11.6. The van der Waals surface area contributed by atoms with Crippen LogP contribution in [0, 0.1) is 5.92 Å². The minimum Gasteiger partial charge on any atom is -0.481 e. The largest absolute Gasteiger partial charge is 0.481 e. The summed E-state index contributed by atoms with van der Waals surface area (Å²) >= 11 is 0. The van der Waals surface area contributed by atoms with E-state index >= 15 is 0 Å². The number of carboxylic acids is 1. The van der Waals surface area contributed by atoms with Crippen LogP contribution in [0.25, 0.3) is 11.1 Å². The molecule has 0 aromatic heterocycles. The van der Waals surface area contributed by atoms with E-state index in [1.807, 2.05) is 24.3 Å². The summed E-state index contributed by atoms with van der Waals surface area (Å²) in [5.41, 5.74) is 4.55. The molecule has 0 bridgehead atoms. The summed E-state index contributed by atoms with van der Waals surface area (Å²) in [5.74, 6) is -2.05. The smallest absolute Gasteiger partial charge is 0.407 e. The highest BCUT2D eigenvalue weighted by molar-refractivity contribution is 5.80. The van der Waals surface area contributed by atoms with Crippen LogP contribution in [0.4, 0.5) is 4.79 Å². The van der Waals surface area contributed by atoms with E-state index in [-0.39, 0.29) is 44.5 Å². The first-order valence-corrected chi connectivity index (χ1v) is 11.6. The molecular weight excluding hydrogens is 452 g/mol. The van der Waals surface area contributed by atoms with Gasteiger partial charge in [0.2, 0.25) is 5.91 Å². The highest BCUT2D eigenvalue weighted by atomic mass is 16.5. The summed E-state index contributed by atoms with van der Waals surface area (Å²) in [7, 11) is 2.89. The topological polar surface area (TPSA) is 114 Å². The molecule has 2 aromatic rings. The third-order valence-corrected chi connectivity index (χ3v) is 6.79. The molecule has 0 spiro atoms. The normalized spacial score (nSPS) is 19.7. The van der Waals surface area contributed by atoms with Crippen molar-refractivity contribution in [3.63, 3.8) is 0 Å². The average Bonchev–Trinajstić information content (AvgIpc) is 3.45. The monoisotopic (exact) mass is 482 g/mol. The summed E-state index contributed by atoms with van der Waals surface area (Å²) in [4.78, 5) is 37.9. The van der Waals surface area contributed by atoms with Crippen LogP contribution in [0.3, 0.4) is 0 Å². The summed E-state index contributed by atoms with van der Waals surface area (Å²) in [6, 6.07) is 16.2. The van der Waals surface area contributed by atoms with Gasteiger partial charge in [0, 0.05) is 39.8 Å². The van der Waals surface area contributed by atoms with E-state index in [9.17, 15) is 19.5 Å². The van der Waals surface area contributed by atoms with Crippen molar-refractivity contribution in [1.29, 1.82) is 0 Å². The lowest BCUT2D eigenvalue weighted by Gasteiger charge is -2.21. The Hall–Kier alpha value is -3.43. The molecular formula is C26H30N2O7. The third kappa shape index (κ3) is 5.31. The molecule has 35 heavy (non-hydrogen) atoms. The lowest BCUT2D eigenvalue weighted by atomic mass is 9.98. The zero-order valence-corrected chi connectivity index (χ0v) is 19.8. The number of carboxylic acid groups (broad SMARTS) is 1. The number of fused-ring (bicyclic) bond motifs is 3. The molecule has 2 N–H and O–H groups in total.